The molecule has 0 aliphatic carbocycles. The van der Waals surface area contributed by atoms with E-state index in [1.165, 1.54) is 16.1 Å². The number of rotatable bonds is 4. The van der Waals surface area contributed by atoms with E-state index < -0.39 is 16.2 Å². The van der Waals surface area contributed by atoms with E-state index in [1.807, 2.05) is 18.2 Å². The summed E-state index contributed by atoms with van der Waals surface area (Å²) in [7, 11) is -3.80. The normalized spacial score (nSPS) is 21.0. The number of aromatic nitrogens is 1. The van der Waals surface area contributed by atoms with Crippen LogP contribution in [-0.2, 0) is 16.4 Å². The van der Waals surface area contributed by atoms with E-state index in [1.54, 1.807) is 24.3 Å². The van der Waals surface area contributed by atoms with Gasteiger partial charge in [-0.2, -0.15) is 4.31 Å². The third kappa shape index (κ3) is 3.48. The Hall–Kier alpha value is -2.48. The summed E-state index contributed by atoms with van der Waals surface area (Å²) in [4.78, 5) is 14.7. The van der Waals surface area contributed by atoms with Gasteiger partial charge in [-0.15, -0.1) is 0 Å². The minimum atomic E-state index is -3.80. The zero-order valence-corrected chi connectivity index (χ0v) is 16.2. The van der Waals surface area contributed by atoms with Crippen molar-refractivity contribution in [1.82, 2.24) is 9.29 Å². The number of pyridine rings is 1. The summed E-state index contributed by atoms with van der Waals surface area (Å²) in [6, 6.07) is 16.6. The summed E-state index contributed by atoms with van der Waals surface area (Å²) in [5.41, 5.74) is 7.23. The number of nitrogens with zero attached hydrogens (tertiary/aromatic N) is 1. The first kappa shape index (κ1) is 18.9. The molecular formula is C21H23N3O3S. The van der Waals surface area contributed by atoms with Crippen LogP contribution in [0.3, 0.4) is 0 Å². The Bertz CT molecular complexity index is 1140. The van der Waals surface area contributed by atoms with Crippen LogP contribution in [0.4, 0.5) is 0 Å². The maximum atomic E-state index is 13.3. The van der Waals surface area contributed by atoms with Crippen LogP contribution in [0.2, 0.25) is 0 Å². The first-order chi connectivity index (χ1) is 13.5. The maximum Gasteiger partial charge on any atom is 0.255 e. The molecule has 4 rings (SSSR count). The molecule has 0 radical (unpaired) electrons. The molecule has 6 nitrogen and oxygen atoms in total. The number of fused-ring (bicyclic) bond motifs is 1. The minimum absolute atomic E-state index is 0.132. The van der Waals surface area contributed by atoms with Crippen molar-refractivity contribution in [2.45, 2.75) is 30.3 Å². The third-order valence-corrected chi connectivity index (χ3v) is 7.41. The molecule has 28 heavy (non-hydrogen) atoms. The van der Waals surface area contributed by atoms with Crippen LogP contribution >= 0.6 is 0 Å². The molecule has 0 spiro atoms. The Morgan fingerprint density at radius 3 is 2.57 bits per heavy atom. The smallest absolute Gasteiger partial charge is 0.255 e. The topological polar surface area (TPSA) is 96.3 Å². The lowest BCUT2D eigenvalue weighted by atomic mass is 9.89. The highest BCUT2D eigenvalue weighted by molar-refractivity contribution is 7.89. The quantitative estimate of drug-likeness (QED) is 0.707. The Kier molecular flexibility index (Phi) is 5.05. The van der Waals surface area contributed by atoms with Crippen molar-refractivity contribution < 1.29 is 8.42 Å². The molecule has 1 aliphatic rings. The highest BCUT2D eigenvalue weighted by atomic mass is 32.2. The summed E-state index contributed by atoms with van der Waals surface area (Å²) in [5, 5.41) is 0.779. The molecule has 146 valence electrons. The number of benzene rings is 2. The van der Waals surface area contributed by atoms with Crippen molar-refractivity contribution in [3.8, 4) is 0 Å². The van der Waals surface area contributed by atoms with Gasteiger partial charge in [-0.25, -0.2) is 8.42 Å². The largest absolute Gasteiger partial charge is 0.329 e. The first-order valence-electron chi connectivity index (χ1n) is 9.38. The summed E-state index contributed by atoms with van der Waals surface area (Å²) in [5.74, 6) is 0.346. The van der Waals surface area contributed by atoms with Gasteiger partial charge in [0.25, 0.3) is 5.56 Å². The van der Waals surface area contributed by atoms with Crippen molar-refractivity contribution in [3.63, 3.8) is 0 Å². The Morgan fingerprint density at radius 2 is 1.82 bits per heavy atom. The fourth-order valence-electron chi connectivity index (χ4n) is 4.03. The molecule has 2 unspecified atom stereocenters. The number of hydrogen-bond acceptors (Lipinski definition) is 4. The van der Waals surface area contributed by atoms with E-state index in [2.05, 4.69) is 17.1 Å². The summed E-state index contributed by atoms with van der Waals surface area (Å²) in [6.07, 6.45) is 3.15. The Morgan fingerprint density at radius 1 is 1.04 bits per heavy atom. The van der Waals surface area contributed by atoms with Crippen LogP contribution in [0.1, 0.15) is 18.4 Å². The van der Waals surface area contributed by atoms with Crippen molar-refractivity contribution >= 4 is 20.8 Å². The highest BCUT2D eigenvalue weighted by Gasteiger charge is 2.35. The number of H-pyrrole nitrogens is 1. The van der Waals surface area contributed by atoms with E-state index >= 15 is 0 Å². The Balaban J connectivity index is 1.60. The van der Waals surface area contributed by atoms with E-state index in [9.17, 15) is 13.2 Å². The molecule has 1 saturated heterocycles. The van der Waals surface area contributed by atoms with Gasteiger partial charge in [-0.1, -0.05) is 36.4 Å². The minimum Gasteiger partial charge on any atom is -0.329 e. The van der Waals surface area contributed by atoms with Crippen LogP contribution in [0.5, 0.6) is 0 Å². The van der Waals surface area contributed by atoms with Crippen LogP contribution in [0.25, 0.3) is 10.8 Å². The second-order valence-electron chi connectivity index (χ2n) is 7.29. The van der Waals surface area contributed by atoms with Gasteiger partial charge < -0.3 is 10.7 Å². The monoisotopic (exact) mass is 397 g/mol. The lowest BCUT2D eigenvalue weighted by molar-refractivity contribution is 0.200. The van der Waals surface area contributed by atoms with Gasteiger partial charge >= 0.3 is 0 Å². The van der Waals surface area contributed by atoms with E-state index in [4.69, 9.17) is 5.73 Å². The van der Waals surface area contributed by atoms with E-state index in [-0.39, 0.29) is 10.5 Å². The number of hydrogen-bond donors (Lipinski definition) is 2. The van der Waals surface area contributed by atoms with E-state index in [0.29, 0.717) is 29.7 Å². The molecule has 2 atom stereocenters. The van der Waals surface area contributed by atoms with E-state index in [0.717, 1.165) is 12.8 Å². The lowest BCUT2D eigenvalue weighted by Gasteiger charge is -2.36. The molecule has 0 saturated carbocycles. The van der Waals surface area contributed by atoms with Crippen LogP contribution in [0, 0.1) is 5.92 Å². The number of sulfonamides is 1. The zero-order valence-electron chi connectivity index (χ0n) is 15.4. The lowest BCUT2D eigenvalue weighted by Crippen LogP contribution is -2.51. The van der Waals surface area contributed by atoms with Gasteiger partial charge in [-0.05, 0) is 48.9 Å². The first-order valence-corrected chi connectivity index (χ1v) is 10.8. The number of nitrogens with one attached hydrogen (secondary N) is 1. The zero-order chi connectivity index (χ0) is 19.7. The highest BCUT2D eigenvalue weighted by Crippen LogP contribution is 2.31. The molecule has 1 aliphatic heterocycles. The molecule has 1 aromatic heterocycles. The average molecular weight is 398 g/mol. The number of piperidine rings is 1. The van der Waals surface area contributed by atoms with Crippen molar-refractivity contribution in [2.24, 2.45) is 11.7 Å². The van der Waals surface area contributed by atoms with Gasteiger partial charge in [0, 0.05) is 23.5 Å². The molecule has 2 aromatic carbocycles. The third-order valence-electron chi connectivity index (χ3n) is 5.43. The molecule has 3 N–H and O–H groups in total. The molecule has 7 heteroatoms. The summed E-state index contributed by atoms with van der Waals surface area (Å²) in [6.45, 7) is 0.376. The van der Waals surface area contributed by atoms with Crippen LogP contribution in [0.15, 0.2) is 70.5 Å². The van der Waals surface area contributed by atoms with Crippen molar-refractivity contribution in [1.29, 1.82) is 0 Å². The second-order valence-corrected chi connectivity index (χ2v) is 9.15. The predicted molar refractivity (Wildman–Crippen MR) is 109 cm³/mol. The number of aromatic amines is 1. The molecule has 2 heterocycles. The van der Waals surface area contributed by atoms with Gasteiger partial charge in [-0.3, -0.25) is 4.79 Å². The average Bonchev–Trinajstić information content (AvgIpc) is 2.68. The van der Waals surface area contributed by atoms with Gasteiger partial charge in [0.05, 0.1) is 11.1 Å². The van der Waals surface area contributed by atoms with Crippen LogP contribution < -0.4 is 11.3 Å². The SMILES string of the molecule is NC1CC(Cc2ccccc2)CCN1S(=O)(=O)c1cccc2c(=O)[nH]ccc12. The predicted octanol–water partition coefficient (Wildman–Crippen LogP) is 2.46. The van der Waals surface area contributed by atoms with Gasteiger partial charge in [0.2, 0.25) is 10.0 Å². The maximum absolute atomic E-state index is 13.3. The molecule has 1 fully saturated rings. The van der Waals surface area contributed by atoms with Crippen molar-refractivity contribution in [2.75, 3.05) is 6.54 Å². The fourth-order valence-corrected chi connectivity index (χ4v) is 5.77. The van der Waals surface area contributed by atoms with Crippen LogP contribution in [-0.4, -0.2) is 30.4 Å². The van der Waals surface area contributed by atoms with Gasteiger partial charge in [0.1, 0.15) is 0 Å². The Labute approximate surface area is 164 Å². The number of nitrogens with two attached hydrogens (primary N) is 1. The second kappa shape index (κ2) is 7.50. The molecular weight excluding hydrogens is 374 g/mol. The molecule has 0 bridgehead atoms. The summed E-state index contributed by atoms with van der Waals surface area (Å²) < 4.78 is 28.0. The fraction of sp³-hybridized carbons (Fsp3) is 0.286. The molecule has 3 aromatic rings. The van der Waals surface area contributed by atoms with Crippen molar-refractivity contribution in [3.05, 3.63) is 76.7 Å². The standard InChI is InChI=1S/C21H23N3O3S/c22-20-14-16(13-15-5-2-1-3-6-15)10-12-24(20)28(26,27)19-8-4-7-18-17(19)9-11-23-21(18)25/h1-9,11,16,20H,10,12-14,22H2,(H,23,25). The summed E-state index contributed by atoms with van der Waals surface area (Å²) >= 11 is 0. The molecule has 0 amide bonds. The van der Waals surface area contributed by atoms with Gasteiger partial charge in [0.15, 0.2) is 0 Å².